The van der Waals surface area contributed by atoms with E-state index in [0.29, 0.717) is 22.9 Å². The molecule has 0 fully saturated rings. The quantitative estimate of drug-likeness (QED) is 0.205. The highest BCUT2D eigenvalue weighted by Gasteiger charge is 2.29. The van der Waals surface area contributed by atoms with Crippen molar-refractivity contribution >= 4 is 45.8 Å². The third-order valence-electron chi connectivity index (χ3n) is 5.36. The van der Waals surface area contributed by atoms with Gasteiger partial charge in [0, 0.05) is 33.6 Å². The second kappa shape index (κ2) is 12.1. The number of carboxylic acids is 1. The summed E-state index contributed by atoms with van der Waals surface area (Å²) in [5.74, 6) is -1.37. The van der Waals surface area contributed by atoms with Crippen LogP contribution in [0.4, 0.5) is 24.0 Å². The number of aliphatic carboxylic acids is 1. The van der Waals surface area contributed by atoms with Crippen LogP contribution >= 0.6 is 23.1 Å². The number of carbonyl (C=O) groups excluding carboxylic acids is 1. The van der Waals surface area contributed by atoms with Crippen molar-refractivity contribution < 1.29 is 27.9 Å². The lowest BCUT2D eigenvalue weighted by molar-refractivity contribution is -0.136. The highest BCUT2D eigenvalue weighted by atomic mass is 32.2. The first kappa shape index (κ1) is 27.2. The Kier molecular flexibility index (Phi) is 8.70. The summed E-state index contributed by atoms with van der Waals surface area (Å²) in [6, 6.07) is 22.6. The number of hydrogen-bond donors (Lipinski definition) is 2. The molecule has 0 aliphatic heterocycles. The third kappa shape index (κ3) is 7.59. The minimum absolute atomic E-state index is 0.0279. The van der Waals surface area contributed by atoms with E-state index in [2.05, 4.69) is 5.32 Å². The molecule has 196 valence electrons. The number of halogens is 3. The number of nitrogens with one attached hydrogen (secondary N) is 1. The summed E-state index contributed by atoms with van der Waals surface area (Å²) in [6.07, 6.45) is -0.169. The first-order chi connectivity index (χ1) is 18.2. The summed E-state index contributed by atoms with van der Waals surface area (Å²) >= 11 is 1.25. The van der Waals surface area contributed by atoms with Crippen LogP contribution in [0.2, 0.25) is 0 Å². The molecule has 0 saturated carbocycles. The van der Waals surface area contributed by atoms with Gasteiger partial charge in [-0.2, -0.15) is 13.2 Å². The van der Waals surface area contributed by atoms with Crippen LogP contribution in [0.3, 0.4) is 0 Å². The topological polar surface area (TPSA) is 82.5 Å². The van der Waals surface area contributed by atoms with E-state index in [1.807, 2.05) is 40.6 Å². The van der Waals surface area contributed by atoms with E-state index in [1.54, 1.807) is 36.4 Å². The van der Waals surface area contributed by atoms with E-state index in [-0.39, 0.29) is 35.5 Å². The fourth-order valence-corrected chi connectivity index (χ4v) is 4.95. The van der Waals surface area contributed by atoms with E-state index in [1.165, 1.54) is 23.5 Å². The second-order valence-corrected chi connectivity index (χ2v) is 10.1. The summed E-state index contributed by atoms with van der Waals surface area (Å²) in [7, 11) is 0. The van der Waals surface area contributed by atoms with Gasteiger partial charge in [-0.25, -0.2) is 4.98 Å². The Bertz CT molecular complexity index is 1380. The first-order valence-corrected chi connectivity index (χ1v) is 13.1. The molecule has 2 N–H and O–H groups in total. The molecule has 1 heterocycles. The van der Waals surface area contributed by atoms with Crippen LogP contribution in [-0.4, -0.2) is 34.0 Å². The van der Waals surface area contributed by atoms with E-state index in [4.69, 9.17) is 10.1 Å². The van der Waals surface area contributed by atoms with Gasteiger partial charge >= 0.3 is 11.5 Å². The van der Waals surface area contributed by atoms with Gasteiger partial charge in [0.2, 0.25) is 0 Å². The fraction of sp³-hybridized carbons (Fsp3) is 0.148. The molecule has 0 spiro atoms. The number of thioether (sulfide) groups is 1. The molecule has 1 amide bonds. The number of carboxylic acid groups (broad SMARTS) is 1. The fourth-order valence-electron chi connectivity index (χ4n) is 3.56. The lowest BCUT2D eigenvalue weighted by Crippen LogP contribution is -2.26. The molecule has 0 atom stereocenters. The Morgan fingerprint density at radius 2 is 1.66 bits per heavy atom. The Labute approximate surface area is 225 Å². The van der Waals surface area contributed by atoms with Crippen molar-refractivity contribution in [2.75, 3.05) is 11.4 Å². The van der Waals surface area contributed by atoms with Crippen molar-refractivity contribution in [1.29, 1.82) is 0 Å². The molecule has 4 rings (SSSR count). The van der Waals surface area contributed by atoms with Crippen LogP contribution in [0.25, 0.3) is 11.3 Å². The van der Waals surface area contributed by atoms with Crippen LogP contribution < -0.4 is 10.2 Å². The molecule has 0 bridgehead atoms. The van der Waals surface area contributed by atoms with Gasteiger partial charge in [-0.05, 0) is 53.7 Å². The zero-order chi connectivity index (χ0) is 27.1. The number of benzene rings is 3. The van der Waals surface area contributed by atoms with Gasteiger partial charge in [0.25, 0.3) is 5.91 Å². The molecule has 0 aliphatic carbocycles. The van der Waals surface area contributed by atoms with Crippen molar-refractivity contribution in [1.82, 2.24) is 10.3 Å². The summed E-state index contributed by atoms with van der Waals surface area (Å²) in [4.78, 5) is 29.7. The summed E-state index contributed by atoms with van der Waals surface area (Å²) < 4.78 is 38.4. The van der Waals surface area contributed by atoms with E-state index < -0.39 is 11.5 Å². The van der Waals surface area contributed by atoms with Crippen molar-refractivity contribution in [3.8, 4) is 11.3 Å². The second-order valence-electron chi connectivity index (χ2n) is 8.11. The van der Waals surface area contributed by atoms with Gasteiger partial charge in [-0.15, -0.1) is 11.3 Å². The maximum atomic E-state index is 12.8. The van der Waals surface area contributed by atoms with E-state index in [9.17, 15) is 22.8 Å². The zero-order valence-electron chi connectivity index (χ0n) is 19.8. The number of rotatable bonds is 10. The molecule has 0 aliphatic rings. The van der Waals surface area contributed by atoms with Gasteiger partial charge in [0.15, 0.2) is 5.13 Å². The Balaban J connectivity index is 1.57. The van der Waals surface area contributed by atoms with Crippen LogP contribution in [0.15, 0.2) is 89.1 Å². The standard InChI is InChI=1S/C27H22F3N3O3S2/c28-27(29,30)38-22-12-10-21(11-13-22)33(26-32-23(17-37-26)19-4-2-1-3-5-19)16-18-6-8-20(9-7-18)25(36)31-15-14-24(34)35/h1-13,17H,14-16H2,(H,31,36)(H,34,35). The van der Waals surface area contributed by atoms with Crippen LogP contribution in [0.5, 0.6) is 0 Å². The molecular weight excluding hydrogens is 535 g/mol. The van der Waals surface area contributed by atoms with Crippen molar-refractivity contribution in [3.05, 3.63) is 95.4 Å². The normalized spacial score (nSPS) is 11.2. The van der Waals surface area contributed by atoms with E-state index >= 15 is 0 Å². The molecule has 3 aromatic carbocycles. The molecular formula is C27H22F3N3O3S2. The van der Waals surface area contributed by atoms with Crippen LogP contribution in [0.1, 0.15) is 22.3 Å². The number of hydrogen-bond acceptors (Lipinski definition) is 6. The minimum atomic E-state index is -4.37. The molecule has 4 aromatic rings. The number of alkyl halides is 3. The lowest BCUT2D eigenvalue weighted by Gasteiger charge is -2.23. The zero-order valence-corrected chi connectivity index (χ0v) is 21.4. The summed E-state index contributed by atoms with van der Waals surface area (Å²) in [5, 5.41) is 13.9. The number of amides is 1. The maximum absolute atomic E-state index is 12.8. The summed E-state index contributed by atoms with van der Waals surface area (Å²) in [5.41, 5.74) is -0.737. The molecule has 0 radical (unpaired) electrons. The monoisotopic (exact) mass is 557 g/mol. The van der Waals surface area contributed by atoms with E-state index in [0.717, 1.165) is 16.8 Å². The number of anilines is 2. The molecule has 1 aromatic heterocycles. The predicted molar refractivity (Wildman–Crippen MR) is 143 cm³/mol. The van der Waals surface area contributed by atoms with Crippen LogP contribution in [0, 0.1) is 0 Å². The van der Waals surface area contributed by atoms with Gasteiger partial charge in [-0.1, -0.05) is 42.5 Å². The van der Waals surface area contributed by atoms with Crippen molar-refractivity contribution in [2.24, 2.45) is 0 Å². The third-order valence-corrected chi connectivity index (χ3v) is 6.96. The lowest BCUT2D eigenvalue weighted by atomic mass is 10.1. The molecule has 6 nitrogen and oxygen atoms in total. The minimum Gasteiger partial charge on any atom is -0.481 e. The number of nitrogens with zero attached hydrogens (tertiary/aromatic N) is 2. The van der Waals surface area contributed by atoms with Gasteiger partial charge in [-0.3, -0.25) is 9.59 Å². The molecule has 0 saturated heterocycles. The van der Waals surface area contributed by atoms with Gasteiger partial charge in [0.1, 0.15) is 0 Å². The van der Waals surface area contributed by atoms with Crippen molar-refractivity contribution in [2.45, 2.75) is 23.4 Å². The smallest absolute Gasteiger partial charge is 0.446 e. The Hall–Kier alpha value is -3.83. The van der Waals surface area contributed by atoms with Gasteiger partial charge < -0.3 is 15.3 Å². The highest BCUT2D eigenvalue weighted by Crippen LogP contribution is 2.39. The predicted octanol–water partition coefficient (Wildman–Crippen LogP) is 6.96. The number of aromatic nitrogens is 1. The number of carbonyl (C=O) groups is 2. The summed E-state index contributed by atoms with van der Waals surface area (Å²) in [6.45, 7) is 0.383. The molecule has 38 heavy (non-hydrogen) atoms. The molecule has 0 unspecified atom stereocenters. The highest BCUT2D eigenvalue weighted by molar-refractivity contribution is 8.00. The SMILES string of the molecule is O=C(O)CCNC(=O)c1ccc(CN(c2ccc(SC(F)(F)F)cc2)c2nc(-c3ccccc3)cs2)cc1. The van der Waals surface area contributed by atoms with Gasteiger partial charge in [0.05, 0.1) is 18.7 Å². The largest absolute Gasteiger partial charge is 0.481 e. The first-order valence-electron chi connectivity index (χ1n) is 11.4. The Morgan fingerprint density at radius 1 is 0.974 bits per heavy atom. The average molecular weight is 558 g/mol. The average Bonchev–Trinajstić information content (AvgIpc) is 3.38. The number of thiazole rings is 1. The maximum Gasteiger partial charge on any atom is 0.446 e. The van der Waals surface area contributed by atoms with Crippen molar-refractivity contribution in [3.63, 3.8) is 0 Å². The van der Waals surface area contributed by atoms with Crippen LogP contribution in [-0.2, 0) is 11.3 Å². The Morgan fingerprint density at radius 3 is 2.29 bits per heavy atom. The molecule has 11 heteroatoms.